The first-order chi connectivity index (χ1) is 10.4. The fourth-order valence-electron chi connectivity index (χ4n) is 2.00. The molecule has 0 saturated carbocycles. The topological polar surface area (TPSA) is 39.1 Å². The Labute approximate surface area is 126 Å². The van der Waals surface area contributed by atoms with Crippen molar-refractivity contribution in [2.24, 2.45) is 0 Å². The molecule has 0 fully saturated rings. The van der Waals surface area contributed by atoms with E-state index in [1.54, 1.807) is 0 Å². The van der Waals surface area contributed by atoms with Gasteiger partial charge in [-0.05, 0) is 12.0 Å². The van der Waals surface area contributed by atoms with Crippen molar-refractivity contribution < 1.29 is 4.74 Å². The van der Waals surface area contributed by atoms with Crippen LogP contribution in [0.2, 0.25) is 0 Å². The van der Waals surface area contributed by atoms with Gasteiger partial charge in [-0.15, -0.1) is 6.58 Å². The fourth-order valence-corrected chi connectivity index (χ4v) is 2.00. The largest absolute Gasteiger partial charge is 0.380 e. The summed E-state index contributed by atoms with van der Waals surface area (Å²) in [4.78, 5) is 0. The zero-order valence-electron chi connectivity index (χ0n) is 12.4. The van der Waals surface area contributed by atoms with Gasteiger partial charge in [0, 0.05) is 24.8 Å². The molecule has 1 N–H and O–H groups in total. The van der Waals surface area contributed by atoms with E-state index in [4.69, 9.17) is 4.74 Å². The lowest BCUT2D eigenvalue weighted by Crippen LogP contribution is -2.19. The lowest BCUT2D eigenvalue weighted by molar-refractivity contribution is 0.140. The van der Waals surface area contributed by atoms with E-state index in [0.717, 1.165) is 39.3 Å². The normalized spacial score (nSPS) is 10.7. The molecule has 0 aliphatic rings. The average Bonchev–Trinajstić information content (AvgIpc) is 2.95. The summed E-state index contributed by atoms with van der Waals surface area (Å²) in [6.45, 7) is 7.62. The molecule has 1 aromatic carbocycles. The van der Waals surface area contributed by atoms with Gasteiger partial charge in [-0.1, -0.05) is 36.4 Å². The summed E-state index contributed by atoms with van der Waals surface area (Å²) in [6, 6.07) is 10.3. The number of benzene rings is 1. The Balaban J connectivity index is 1.65. The van der Waals surface area contributed by atoms with Crippen LogP contribution in [0.25, 0.3) is 0 Å². The number of ether oxygens (including phenoxy) is 1. The van der Waals surface area contributed by atoms with Crippen LogP contribution < -0.4 is 5.32 Å². The Morgan fingerprint density at radius 2 is 2.05 bits per heavy atom. The van der Waals surface area contributed by atoms with E-state index in [0.29, 0.717) is 0 Å². The van der Waals surface area contributed by atoms with Crippen molar-refractivity contribution in [1.82, 2.24) is 15.1 Å². The Morgan fingerprint density at radius 1 is 1.19 bits per heavy atom. The van der Waals surface area contributed by atoms with Gasteiger partial charge in [0.25, 0.3) is 0 Å². The highest BCUT2D eigenvalue weighted by molar-refractivity contribution is 5.15. The minimum Gasteiger partial charge on any atom is -0.380 e. The van der Waals surface area contributed by atoms with Crippen LogP contribution in [0.15, 0.2) is 55.4 Å². The highest BCUT2D eigenvalue weighted by Gasteiger charge is 1.99. The third kappa shape index (κ3) is 5.94. The van der Waals surface area contributed by atoms with Gasteiger partial charge < -0.3 is 10.1 Å². The molecule has 0 radical (unpaired) electrons. The summed E-state index contributed by atoms with van der Waals surface area (Å²) in [7, 11) is 0. The molecule has 2 rings (SSSR count). The minimum absolute atomic E-state index is 0.728. The van der Waals surface area contributed by atoms with Crippen LogP contribution >= 0.6 is 0 Å². The van der Waals surface area contributed by atoms with E-state index in [2.05, 4.69) is 35.3 Å². The average molecular weight is 285 g/mol. The second-order valence-electron chi connectivity index (χ2n) is 4.90. The second-order valence-corrected chi connectivity index (χ2v) is 4.90. The highest BCUT2D eigenvalue weighted by atomic mass is 16.5. The molecule has 4 nitrogen and oxygen atoms in total. The lowest BCUT2D eigenvalue weighted by Gasteiger charge is -2.04. The molecule has 0 bridgehead atoms. The van der Waals surface area contributed by atoms with E-state index in [-0.39, 0.29) is 0 Å². The van der Waals surface area contributed by atoms with Crippen molar-refractivity contribution >= 4 is 0 Å². The summed E-state index contributed by atoms with van der Waals surface area (Å²) >= 11 is 0. The zero-order valence-corrected chi connectivity index (χ0v) is 12.4. The third-order valence-electron chi connectivity index (χ3n) is 3.09. The van der Waals surface area contributed by atoms with Gasteiger partial charge in [-0.25, -0.2) is 0 Å². The van der Waals surface area contributed by atoms with Crippen molar-refractivity contribution in [2.75, 3.05) is 19.8 Å². The number of rotatable bonds is 10. The van der Waals surface area contributed by atoms with Crippen molar-refractivity contribution in [1.29, 1.82) is 0 Å². The first kappa shape index (κ1) is 15.5. The Kier molecular flexibility index (Phi) is 6.71. The maximum atomic E-state index is 5.44. The van der Waals surface area contributed by atoms with Gasteiger partial charge in [0.05, 0.1) is 26.0 Å². The maximum absolute atomic E-state index is 5.44. The first-order valence-corrected chi connectivity index (χ1v) is 7.33. The molecule has 2 aromatic rings. The van der Waals surface area contributed by atoms with Crippen molar-refractivity contribution in [3.63, 3.8) is 0 Å². The number of aromatic nitrogens is 2. The highest BCUT2D eigenvalue weighted by Crippen LogP contribution is 2.03. The van der Waals surface area contributed by atoms with Crippen LogP contribution in [0.1, 0.15) is 17.5 Å². The van der Waals surface area contributed by atoms with Gasteiger partial charge in [0.1, 0.15) is 0 Å². The molecule has 1 aromatic heterocycles. The molecule has 1 heterocycles. The minimum atomic E-state index is 0.728. The second kappa shape index (κ2) is 9.10. The number of hydrogen-bond acceptors (Lipinski definition) is 3. The van der Waals surface area contributed by atoms with Gasteiger partial charge in [-0.3, -0.25) is 4.68 Å². The van der Waals surface area contributed by atoms with Crippen LogP contribution in [0.3, 0.4) is 0 Å². The molecular weight excluding hydrogens is 262 g/mol. The third-order valence-corrected chi connectivity index (χ3v) is 3.09. The monoisotopic (exact) mass is 285 g/mol. The smallest absolute Gasteiger partial charge is 0.0659 e. The van der Waals surface area contributed by atoms with E-state index in [9.17, 15) is 0 Å². The van der Waals surface area contributed by atoms with E-state index in [1.807, 2.05) is 35.2 Å². The molecule has 0 unspecified atom stereocenters. The molecule has 0 aliphatic heterocycles. The number of nitrogens with zero attached hydrogens (tertiary/aromatic N) is 2. The SMILES string of the molecule is C=CCCOCCNCc1cnn(Cc2ccccc2)c1. The Morgan fingerprint density at radius 3 is 2.86 bits per heavy atom. The van der Waals surface area contributed by atoms with Crippen molar-refractivity contribution in [3.8, 4) is 0 Å². The summed E-state index contributed by atoms with van der Waals surface area (Å²) in [5.74, 6) is 0. The van der Waals surface area contributed by atoms with Crippen molar-refractivity contribution in [3.05, 3.63) is 66.5 Å². The summed E-state index contributed by atoms with van der Waals surface area (Å²) < 4.78 is 7.41. The van der Waals surface area contributed by atoms with Crippen LogP contribution in [0.4, 0.5) is 0 Å². The molecule has 0 atom stereocenters. The van der Waals surface area contributed by atoms with E-state index < -0.39 is 0 Å². The van der Waals surface area contributed by atoms with E-state index >= 15 is 0 Å². The first-order valence-electron chi connectivity index (χ1n) is 7.33. The Hall–Kier alpha value is -1.91. The van der Waals surface area contributed by atoms with Gasteiger partial charge in [0.15, 0.2) is 0 Å². The molecule has 112 valence electrons. The number of hydrogen-bond donors (Lipinski definition) is 1. The van der Waals surface area contributed by atoms with Gasteiger partial charge >= 0.3 is 0 Å². The van der Waals surface area contributed by atoms with Crippen LogP contribution in [0, 0.1) is 0 Å². The predicted octanol–water partition coefficient (Wildman–Crippen LogP) is 2.61. The molecule has 0 aliphatic carbocycles. The predicted molar refractivity (Wildman–Crippen MR) is 85.1 cm³/mol. The van der Waals surface area contributed by atoms with Crippen molar-refractivity contribution in [2.45, 2.75) is 19.5 Å². The van der Waals surface area contributed by atoms with E-state index in [1.165, 1.54) is 11.1 Å². The summed E-state index contributed by atoms with van der Waals surface area (Å²) in [5, 5.41) is 7.74. The van der Waals surface area contributed by atoms with Gasteiger partial charge in [-0.2, -0.15) is 5.10 Å². The van der Waals surface area contributed by atoms with Gasteiger partial charge in [0.2, 0.25) is 0 Å². The Bertz CT molecular complexity index is 522. The molecule has 4 heteroatoms. The zero-order chi connectivity index (χ0) is 14.8. The summed E-state index contributed by atoms with van der Waals surface area (Å²) in [6.07, 6.45) is 6.77. The molecule has 0 saturated heterocycles. The molecule has 0 amide bonds. The quantitative estimate of drug-likeness (QED) is 0.539. The standard InChI is InChI=1S/C17H23N3O/c1-2-3-10-21-11-9-18-12-17-13-19-20(15-17)14-16-7-5-4-6-8-16/h2,4-8,13,15,18H,1,3,9-12,14H2. The lowest BCUT2D eigenvalue weighted by atomic mass is 10.2. The number of nitrogens with one attached hydrogen (secondary N) is 1. The fraction of sp³-hybridized carbons (Fsp3) is 0.353. The molecule has 21 heavy (non-hydrogen) atoms. The van der Waals surface area contributed by atoms with Crippen LogP contribution in [-0.4, -0.2) is 29.5 Å². The summed E-state index contributed by atoms with van der Waals surface area (Å²) in [5.41, 5.74) is 2.45. The molecular formula is C17H23N3O. The molecule has 0 spiro atoms. The van der Waals surface area contributed by atoms with Crippen LogP contribution in [0.5, 0.6) is 0 Å². The maximum Gasteiger partial charge on any atom is 0.0659 e. The van der Waals surface area contributed by atoms with Crippen LogP contribution in [-0.2, 0) is 17.8 Å².